The third-order valence-electron chi connectivity index (χ3n) is 2.22. The van der Waals surface area contributed by atoms with Crippen molar-refractivity contribution in [3.63, 3.8) is 0 Å². The van der Waals surface area contributed by atoms with Gasteiger partial charge in [-0.15, -0.1) is 0 Å². The second kappa shape index (κ2) is 3.90. The molecule has 3 N–H and O–H groups in total. The van der Waals surface area contributed by atoms with Crippen molar-refractivity contribution in [3.05, 3.63) is 0 Å². The molecule has 0 amide bonds. The molecule has 1 atom stereocenters. The Kier molecular flexibility index (Phi) is 1.70. The first-order valence-corrected chi connectivity index (χ1v) is 4.13. The molecule has 3 heteroatoms. The molecule has 0 saturated heterocycles. The van der Waals surface area contributed by atoms with E-state index in [4.69, 9.17) is 16.3 Å². The Labute approximate surface area is 78.6 Å². The van der Waals surface area contributed by atoms with Crippen LogP contribution < -0.4 is 5.73 Å². The number of carboxylic acids is 1. The van der Waals surface area contributed by atoms with Crippen molar-refractivity contribution in [2.24, 2.45) is 11.1 Å². The van der Waals surface area contributed by atoms with Gasteiger partial charge in [-0.1, -0.05) is 19.3 Å². The Balaban J connectivity index is 3.16. The van der Waals surface area contributed by atoms with Crippen LogP contribution in [0.2, 0.25) is 0 Å². The highest BCUT2D eigenvalue weighted by Gasteiger charge is 2.32. The molecule has 1 saturated carbocycles. The third kappa shape index (κ3) is 2.21. The Bertz CT molecular complexity index is 290. The van der Waals surface area contributed by atoms with E-state index in [0.29, 0.717) is 12.8 Å². The van der Waals surface area contributed by atoms with Crippen LogP contribution in [0.1, 0.15) is 44.0 Å². The molecular formula is C9H17NO2. The number of rotatable bonds is 3. The summed E-state index contributed by atoms with van der Waals surface area (Å²) in [4.78, 5) is 10.8. The molecule has 0 radical (unpaired) electrons. The van der Waals surface area contributed by atoms with Crippen LogP contribution in [-0.2, 0) is 4.79 Å². The van der Waals surface area contributed by atoms with Crippen molar-refractivity contribution >= 4 is 5.97 Å². The summed E-state index contributed by atoms with van der Waals surface area (Å²) in [7, 11) is 0. The number of carboxylic acid groups (broad SMARTS) is 1. The molecule has 0 bridgehead atoms. The Morgan fingerprint density at radius 1 is 1.67 bits per heavy atom. The third-order valence-corrected chi connectivity index (χ3v) is 2.22. The van der Waals surface area contributed by atoms with Crippen molar-refractivity contribution in [2.45, 2.75) is 38.5 Å². The van der Waals surface area contributed by atoms with E-state index in [-0.39, 0.29) is 12.8 Å². The van der Waals surface area contributed by atoms with Crippen LogP contribution in [0.4, 0.5) is 0 Å². The van der Waals surface area contributed by atoms with Crippen molar-refractivity contribution in [1.82, 2.24) is 0 Å². The number of nitrogens with two attached hydrogens (primary N) is 1. The largest absolute Gasteiger partial charge is 0.481 e. The number of aliphatic carboxylic acids is 1. The lowest BCUT2D eigenvalue weighted by Gasteiger charge is -2.34. The van der Waals surface area contributed by atoms with E-state index in [2.05, 4.69) is 0 Å². The molecule has 0 aromatic heterocycles. The second-order valence-corrected chi connectivity index (χ2v) is 3.18. The average Bonchev–Trinajstić information content (AvgIpc) is 2.05. The highest BCUT2D eigenvalue weighted by Crippen LogP contribution is 2.38. The first kappa shape index (κ1) is 5.22. The highest BCUT2D eigenvalue weighted by atomic mass is 16.4. The molecule has 1 aliphatic rings. The fraction of sp³-hybridized carbons (Fsp3) is 0.889. The van der Waals surface area contributed by atoms with Gasteiger partial charge in [-0.25, -0.2) is 0 Å². The molecule has 0 spiro atoms. The SMILES string of the molecule is [2H]C([2H])(N)C1(CC(=O)O)CCCCC1([2H])[2H]. The van der Waals surface area contributed by atoms with E-state index < -0.39 is 30.7 Å². The van der Waals surface area contributed by atoms with Crippen LogP contribution in [0.25, 0.3) is 0 Å². The van der Waals surface area contributed by atoms with Gasteiger partial charge in [-0.2, -0.15) is 0 Å². The predicted octanol–water partition coefficient (Wildman–Crippen LogP) is 1.37. The van der Waals surface area contributed by atoms with Gasteiger partial charge in [0.25, 0.3) is 0 Å². The topological polar surface area (TPSA) is 63.3 Å². The van der Waals surface area contributed by atoms with Gasteiger partial charge < -0.3 is 10.8 Å². The van der Waals surface area contributed by atoms with Crippen LogP contribution in [0, 0.1) is 5.41 Å². The van der Waals surface area contributed by atoms with E-state index in [0.717, 1.165) is 0 Å². The Morgan fingerprint density at radius 3 is 2.92 bits per heavy atom. The zero-order valence-electron chi connectivity index (χ0n) is 11.0. The molecule has 1 rings (SSSR count). The van der Waals surface area contributed by atoms with Crippen molar-refractivity contribution < 1.29 is 15.4 Å². The fourth-order valence-corrected chi connectivity index (χ4v) is 1.55. The van der Waals surface area contributed by atoms with E-state index in [1.54, 1.807) is 0 Å². The summed E-state index contributed by atoms with van der Waals surface area (Å²) in [6.07, 6.45) is -0.841. The Morgan fingerprint density at radius 2 is 2.42 bits per heavy atom. The maximum absolute atomic E-state index is 10.8. The maximum Gasteiger partial charge on any atom is 0.303 e. The minimum Gasteiger partial charge on any atom is -0.481 e. The summed E-state index contributed by atoms with van der Waals surface area (Å²) in [5.74, 6) is -1.21. The van der Waals surface area contributed by atoms with Gasteiger partial charge >= 0.3 is 5.97 Å². The van der Waals surface area contributed by atoms with Gasteiger partial charge in [-0.05, 0) is 24.7 Å². The molecule has 1 aliphatic carbocycles. The maximum atomic E-state index is 10.8. The molecule has 0 aromatic carbocycles. The smallest absolute Gasteiger partial charge is 0.303 e. The van der Waals surface area contributed by atoms with Gasteiger partial charge in [0.05, 0.1) is 6.42 Å². The summed E-state index contributed by atoms with van der Waals surface area (Å²) in [5.41, 5.74) is 3.78. The molecule has 1 unspecified atom stereocenters. The van der Waals surface area contributed by atoms with E-state index >= 15 is 0 Å². The standard InChI is InChI=1S/C9H17NO2/c10-7-9(6-8(11)12)4-2-1-3-5-9/h1-7,10H2,(H,11,12)/i4D2,7D2. The number of carbonyl (C=O) groups is 1. The lowest BCUT2D eigenvalue weighted by atomic mass is 9.72. The van der Waals surface area contributed by atoms with Crippen LogP contribution in [-0.4, -0.2) is 17.6 Å². The quantitative estimate of drug-likeness (QED) is 0.681. The molecule has 0 heterocycles. The van der Waals surface area contributed by atoms with Crippen LogP contribution in [0.15, 0.2) is 0 Å². The monoisotopic (exact) mass is 175 g/mol. The zero-order chi connectivity index (χ0) is 12.6. The molecule has 70 valence electrons. The van der Waals surface area contributed by atoms with Gasteiger partial charge in [0, 0.05) is 5.48 Å². The highest BCUT2D eigenvalue weighted by molar-refractivity contribution is 5.67. The van der Waals surface area contributed by atoms with Crippen LogP contribution >= 0.6 is 0 Å². The van der Waals surface area contributed by atoms with E-state index in [1.165, 1.54) is 0 Å². The van der Waals surface area contributed by atoms with Gasteiger partial charge in [-0.3, -0.25) is 4.79 Å². The number of hydrogen-bond donors (Lipinski definition) is 2. The van der Waals surface area contributed by atoms with Crippen molar-refractivity contribution in [1.29, 1.82) is 0 Å². The lowest BCUT2D eigenvalue weighted by Crippen LogP contribution is -2.34. The molecule has 1 fully saturated rings. The first-order chi connectivity index (χ1) is 7.12. The van der Waals surface area contributed by atoms with Crippen molar-refractivity contribution in [2.75, 3.05) is 6.50 Å². The number of hydrogen-bond acceptors (Lipinski definition) is 2. The summed E-state index contributed by atoms with van der Waals surface area (Å²) < 4.78 is 30.9. The average molecular weight is 175 g/mol. The molecule has 3 nitrogen and oxygen atoms in total. The molecule has 12 heavy (non-hydrogen) atoms. The normalized spacial score (nSPS) is 40.4. The summed E-state index contributed by atoms with van der Waals surface area (Å²) in [6, 6.07) is 0. The zero-order valence-corrected chi connectivity index (χ0v) is 6.97. The fourth-order valence-electron chi connectivity index (χ4n) is 1.55. The predicted molar refractivity (Wildman–Crippen MR) is 46.8 cm³/mol. The van der Waals surface area contributed by atoms with Gasteiger partial charge in [0.1, 0.15) is 0 Å². The van der Waals surface area contributed by atoms with Gasteiger partial charge in [0.2, 0.25) is 0 Å². The lowest BCUT2D eigenvalue weighted by molar-refractivity contribution is -0.140. The summed E-state index contributed by atoms with van der Waals surface area (Å²) in [5, 5.41) is 8.84. The van der Waals surface area contributed by atoms with Crippen molar-refractivity contribution in [3.8, 4) is 0 Å². The molecule has 0 aromatic rings. The Hall–Kier alpha value is -0.570. The van der Waals surface area contributed by atoms with Crippen LogP contribution in [0.3, 0.4) is 0 Å². The van der Waals surface area contributed by atoms with Crippen LogP contribution in [0.5, 0.6) is 0 Å². The summed E-state index contributed by atoms with van der Waals surface area (Å²) >= 11 is 0. The van der Waals surface area contributed by atoms with E-state index in [1.807, 2.05) is 0 Å². The minimum atomic E-state index is -2.32. The van der Waals surface area contributed by atoms with E-state index in [9.17, 15) is 4.79 Å². The minimum absolute atomic E-state index is 0.164. The molecular weight excluding hydrogens is 154 g/mol. The summed E-state index contributed by atoms with van der Waals surface area (Å²) in [6.45, 7) is -2.32. The first-order valence-electron chi connectivity index (χ1n) is 6.13. The second-order valence-electron chi connectivity index (χ2n) is 3.18. The molecule has 0 aliphatic heterocycles. The van der Waals surface area contributed by atoms with Gasteiger partial charge in [0.15, 0.2) is 0 Å².